The van der Waals surface area contributed by atoms with Crippen molar-refractivity contribution in [3.63, 3.8) is 0 Å². The molecule has 0 bridgehead atoms. The van der Waals surface area contributed by atoms with Gasteiger partial charge in [0.15, 0.2) is 0 Å². The van der Waals surface area contributed by atoms with Crippen LogP contribution in [0.25, 0.3) is 5.69 Å². The molecular weight excluding hydrogens is 304 g/mol. The van der Waals surface area contributed by atoms with Gasteiger partial charge in [-0.3, -0.25) is 0 Å². The van der Waals surface area contributed by atoms with Gasteiger partial charge in [0.05, 0.1) is 49.9 Å². The van der Waals surface area contributed by atoms with Crippen molar-refractivity contribution in [3.8, 4) is 5.69 Å². The van der Waals surface area contributed by atoms with Crippen LogP contribution in [0.3, 0.4) is 0 Å². The molecule has 4 rings (SSSR count). The van der Waals surface area contributed by atoms with Crippen LogP contribution in [0.5, 0.6) is 0 Å². The quantitative estimate of drug-likeness (QED) is 0.921. The van der Waals surface area contributed by atoms with Crippen molar-refractivity contribution in [1.82, 2.24) is 20.0 Å². The van der Waals surface area contributed by atoms with E-state index in [2.05, 4.69) is 24.3 Å². The van der Waals surface area contributed by atoms with E-state index in [1.54, 1.807) is 0 Å². The molecule has 1 aromatic heterocycles. The lowest BCUT2D eigenvalue weighted by Crippen LogP contribution is -2.48. The summed E-state index contributed by atoms with van der Waals surface area (Å²) in [4.78, 5) is 14.5. The van der Waals surface area contributed by atoms with Gasteiger partial charge in [0.25, 0.3) is 0 Å². The summed E-state index contributed by atoms with van der Waals surface area (Å²) in [5.74, 6) is 0. The smallest absolute Gasteiger partial charge is 0.318 e. The summed E-state index contributed by atoms with van der Waals surface area (Å²) in [6.45, 7) is 6.68. The van der Waals surface area contributed by atoms with Crippen LogP contribution in [-0.4, -0.2) is 40.0 Å². The molecule has 2 aromatic rings. The zero-order valence-corrected chi connectivity index (χ0v) is 14.0. The predicted molar refractivity (Wildman–Crippen MR) is 89.7 cm³/mol. The third-order valence-corrected chi connectivity index (χ3v) is 4.94. The summed E-state index contributed by atoms with van der Waals surface area (Å²) in [5.41, 5.74) is 3.18. The van der Waals surface area contributed by atoms with Crippen molar-refractivity contribution in [2.45, 2.75) is 33.0 Å². The Morgan fingerprint density at radius 3 is 2.79 bits per heavy atom. The van der Waals surface area contributed by atoms with Crippen molar-refractivity contribution < 1.29 is 9.53 Å². The highest BCUT2D eigenvalue weighted by atomic mass is 16.5. The molecule has 2 aliphatic rings. The van der Waals surface area contributed by atoms with Crippen molar-refractivity contribution in [3.05, 3.63) is 47.8 Å². The molecule has 0 spiro atoms. The van der Waals surface area contributed by atoms with Crippen LogP contribution >= 0.6 is 0 Å². The van der Waals surface area contributed by atoms with Gasteiger partial charge in [0, 0.05) is 11.0 Å². The maximum absolute atomic E-state index is 12.6. The molecule has 2 amide bonds. The van der Waals surface area contributed by atoms with Gasteiger partial charge in [-0.15, -0.1) is 0 Å². The second-order valence-corrected chi connectivity index (χ2v) is 7.23. The van der Waals surface area contributed by atoms with E-state index in [1.165, 1.54) is 0 Å². The standard InChI is InChI=1S/C18H22N4O2/c1-18(2)12-24-11-16(18)20-17(23)21-9-13-8-19-22(15(13)10-21)14-6-4-3-5-7-14/h3-8,16H,9-12H2,1-2H3,(H,20,23). The molecule has 0 aliphatic carbocycles. The van der Waals surface area contributed by atoms with Crippen molar-refractivity contribution in [2.24, 2.45) is 5.41 Å². The SMILES string of the molecule is CC1(C)COCC1NC(=O)N1Cc2cnn(-c3ccccc3)c2C1. The summed E-state index contributed by atoms with van der Waals surface area (Å²) in [7, 11) is 0. The van der Waals surface area contributed by atoms with Crippen molar-refractivity contribution in [2.75, 3.05) is 13.2 Å². The van der Waals surface area contributed by atoms with Gasteiger partial charge >= 0.3 is 6.03 Å². The van der Waals surface area contributed by atoms with Crippen molar-refractivity contribution >= 4 is 6.03 Å². The maximum Gasteiger partial charge on any atom is 0.318 e. The number of carbonyl (C=O) groups is 1. The molecule has 1 fully saturated rings. The van der Waals surface area contributed by atoms with Crippen LogP contribution in [-0.2, 0) is 17.8 Å². The van der Waals surface area contributed by atoms with Crippen LogP contribution in [0.4, 0.5) is 4.79 Å². The molecule has 24 heavy (non-hydrogen) atoms. The minimum absolute atomic E-state index is 0.0247. The fourth-order valence-electron chi connectivity index (χ4n) is 3.33. The highest BCUT2D eigenvalue weighted by Crippen LogP contribution is 2.29. The predicted octanol–water partition coefficient (Wildman–Crippen LogP) is 2.32. The molecule has 6 heteroatoms. The van der Waals surface area contributed by atoms with E-state index in [9.17, 15) is 4.79 Å². The first kappa shape index (κ1) is 15.2. The van der Waals surface area contributed by atoms with E-state index < -0.39 is 0 Å². The first-order valence-corrected chi connectivity index (χ1v) is 8.29. The van der Waals surface area contributed by atoms with E-state index >= 15 is 0 Å². The van der Waals surface area contributed by atoms with E-state index in [0.717, 1.165) is 16.9 Å². The zero-order valence-electron chi connectivity index (χ0n) is 14.0. The van der Waals surface area contributed by atoms with Gasteiger partial charge < -0.3 is 15.0 Å². The molecule has 126 valence electrons. The number of para-hydroxylation sites is 1. The number of rotatable bonds is 2. The fraction of sp³-hybridized carbons (Fsp3) is 0.444. The minimum atomic E-state index is -0.0330. The molecule has 0 radical (unpaired) electrons. The lowest BCUT2D eigenvalue weighted by Gasteiger charge is -2.27. The number of amides is 2. The average Bonchev–Trinajstić information content (AvgIpc) is 3.22. The minimum Gasteiger partial charge on any atom is -0.379 e. The Kier molecular flexibility index (Phi) is 3.57. The monoisotopic (exact) mass is 326 g/mol. The Morgan fingerprint density at radius 2 is 2.08 bits per heavy atom. The molecule has 6 nitrogen and oxygen atoms in total. The van der Waals surface area contributed by atoms with Crippen LogP contribution in [0.1, 0.15) is 25.1 Å². The van der Waals surface area contributed by atoms with Crippen molar-refractivity contribution in [1.29, 1.82) is 0 Å². The number of urea groups is 1. The first-order valence-electron chi connectivity index (χ1n) is 8.29. The number of nitrogens with zero attached hydrogens (tertiary/aromatic N) is 3. The molecule has 1 saturated heterocycles. The highest BCUT2D eigenvalue weighted by molar-refractivity contribution is 5.75. The number of hydrogen-bond donors (Lipinski definition) is 1. The van der Waals surface area contributed by atoms with E-state index in [1.807, 2.05) is 46.1 Å². The summed E-state index contributed by atoms with van der Waals surface area (Å²) in [6.07, 6.45) is 1.86. The Hall–Kier alpha value is -2.34. The Morgan fingerprint density at radius 1 is 1.29 bits per heavy atom. The van der Waals surface area contributed by atoms with E-state index in [0.29, 0.717) is 26.3 Å². The highest BCUT2D eigenvalue weighted by Gasteiger charge is 2.38. The summed E-state index contributed by atoms with van der Waals surface area (Å²) in [6, 6.07) is 10.0. The molecule has 1 N–H and O–H groups in total. The summed E-state index contributed by atoms with van der Waals surface area (Å²) in [5, 5.41) is 7.59. The summed E-state index contributed by atoms with van der Waals surface area (Å²) >= 11 is 0. The van der Waals surface area contributed by atoms with Crippen LogP contribution in [0.2, 0.25) is 0 Å². The molecule has 1 aromatic carbocycles. The molecular formula is C18H22N4O2. The topological polar surface area (TPSA) is 59.4 Å². The number of aromatic nitrogens is 2. The lowest BCUT2D eigenvalue weighted by atomic mass is 9.88. The third-order valence-electron chi connectivity index (χ3n) is 4.94. The summed E-state index contributed by atoms with van der Waals surface area (Å²) < 4.78 is 7.43. The Labute approximate surface area is 141 Å². The van der Waals surface area contributed by atoms with Gasteiger partial charge in [0.1, 0.15) is 0 Å². The van der Waals surface area contributed by atoms with Gasteiger partial charge in [-0.2, -0.15) is 5.10 Å². The number of fused-ring (bicyclic) bond motifs is 1. The largest absolute Gasteiger partial charge is 0.379 e. The number of nitrogens with one attached hydrogen (secondary N) is 1. The zero-order chi connectivity index (χ0) is 16.7. The molecule has 0 saturated carbocycles. The Bertz CT molecular complexity index is 754. The third kappa shape index (κ3) is 2.57. The second-order valence-electron chi connectivity index (χ2n) is 7.23. The fourth-order valence-corrected chi connectivity index (χ4v) is 3.33. The number of carbonyl (C=O) groups excluding carboxylic acids is 1. The normalized spacial score (nSPS) is 21.8. The van der Waals surface area contributed by atoms with E-state index in [-0.39, 0.29) is 17.5 Å². The van der Waals surface area contributed by atoms with Crippen LogP contribution in [0.15, 0.2) is 36.5 Å². The Balaban J connectivity index is 1.48. The molecule has 2 aliphatic heterocycles. The van der Waals surface area contributed by atoms with Gasteiger partial charge in [-0.05, 0) is 12.1 Å². The van der Waals surface area contributed by atoms with Crippen LogP contribution < -0.4 is 5.32 Å². The molecule has 1 atom stereocenters. The maximum atomic E-state index is 12.6. The molecule has 3 heterocycles. The number of ether oxygens (including phenoxy) is 1. The van der Waals surface area contributed by atoms with E-state index in [4.69, 9.17) is 4.74 Å². The van der Waals surface area contributed by atoms with Crippen LogP contribution in [0, 0.1) is 5.41 Å². The lowest BCUT2D eigenvalue weighted by molar-refractivity contribution is 0.166. The first-order chi connectivity index (χ1) is 11.5. The number of benzene rings is 1. The van der Waals surface area contributed by atoms with Gasteiger partial charge in [-0.1, -0.05) is 32.0 Å². The second kappa shape index (κ2) is 5.63. The average molecular weight is 326 g/mol. The van der Waals surface area contributed by atoms with Gasteiger partial charge in [0.2, 0.25) is 0 Å². The van der Waals surface area contributed by atoms with Gasteiger partial charge in [-0.25, -0.2) is 9.48 Å². The number of hydrogen-bond acceptors (Lipinski definition) is 3. The molecule has 1 unspecified atom stereocenters.